The maximum atomic E-state index is 12.0. The smallest absolute Gasteiger partial charge is 0.246 e. The van der Waals surface area contributed by atoms with Gasteiger partial charge in [0.25, 0.3) is 0 Å². The van der Waals surface area contributed by atoms with Gasteiger partial charge in [-0.1, -0.05) is 13.0 Å². The summed E-state index contributed by atoms with van der Waals surface area (Å²) in [6.45, 7) is 3.22. The SMILES string of the molecule is CC1CN(C(=O)/C=C/c2cccnc2)CCC1O. The van der Waals surface area contributed by atoms with Gasteiger partial charge in [0.2, 0.25) is 5.91 Å². The molecule has 1 N–H and O–H groups in total. The second-order valence-corrected chi connectivity index (χ2v) is 4.74. The minimum atomic E-state index is -0.281. The summed E-state index contributed by atoms with van der Waals surface area (Å²) in [5.41, 5.74) is 0.913. The first-order valence-corrected chi connectivity index (χ1v) is 6.22. The van der Waals surface area contributed by atoms with Gasteiger partial charge in [0.1, 0.15) is 0 Å². The lowest BCUT2D eigenvalue weighted by atomic mass is 9.97. The van der Waals surface area contributed by atoms with Crippen LogP contribution in [-0.2, 0) is 4.79 Å². The topological polar surface area (TPSA) is 53.4 Å². The molecule has 1 aliphatic rings. The van der Waals surface area contributed by atoms with Crippen LogP contribution < -0.4 is 0 Å². The highest BCUT2D eigenvalue weighted by Gasteiger charge is 2.25. The van der Waals surface area contributed by atoms with Gasteiger partial charge in [0, 0.05) is 31.6 Å². The Morgan fingerprint density at radius 3 is 3.11 bits per heavy atom. The van der Waals surface area contributed by atoms with E-state index >= 15 is 0 Å². The molecule has 18 heavy (non-hydrogen) atoms. The molecule has 0 bridgehead atoms. The van der Waals surface area contributed by atoms with E-state index in [2.05, 4.69) is 4.98 Å². The second kappa shape index (κ2) is 5.78. The van der Waals surface area contributed by atoms with Crippen LogP contribution in [0.1, 0.15) is 18.9 Å². The van der Waals surface area contributed by atoms with Gasteiger partial charge in [0.15, 0.2) is 0 Å². The molecule has 4 heteroatoms. The normalized spacial score (nSPS) is 24.4. The molecule has 0 radical (unpaired) electrons. The highest BCUT2D eigenvalue weighted by Crippen LogP contribution is 2.16. The maximum Gasteiger partial charge on any atom is 0.246 e. The number of pyridine rings is 1. The van der Waals surface area contributed by atoms with Crippen molar-refractivity contribution in [1.82, 2.24) is 9.88 Å². The number of carbonyl (C=O) groups is 1. The van der Waals surface area contributed by atoms with Gasteiger partial charge >= 0.3 is 0 Å². The van der Waals surface area contributed by atoms with Crippen molar-refractivity contribution in [2.75, 3.05) is 13.1 Å². The zero-order valence-corrected chi connectivity index (χ0v) is 10.5. The van der Waals surface area contributed by atoms with E-state index in [1.807, 2.05) is 19.1 Å². The number of carbonyl (C=O) groups excluding carboxylic acids is 1. The van der Waals surface area contributed by atoms with Crippen molar-refractivity contribution >= 4 is 12.0 Å². The van der Waals surface area contributed by atoms with E-state index in [0.717, 1.165) is 5.56 Å². The highest BCUT2D eigenvalue weighted by atomic mass is 16.3. The van der Waals surface area contributed by atoms with Crippen molar-refractivity contribution in [3.05, 3.63) is 36.2 Å². The lowest BCUT2D eigenvalue weighted by Gasteiger charge is -2.33. The van der Waals surface area contributed by atoms with E-state index in [9.17, 15) is 9.90 Å². The maximum absolute atomic E-state index is 12.0. The van der Waals surface area contributed by atoms with E-state index in [1.54, 1.807) is 29.4 Å². The minimum Gasteiger partial charge on any atom is -0.393 e. The summed E-state index contributed by atoms with van der Waals surface area (Å²) < 4.78 is 0. The number of amides is 1. The molecule has 0 aliphatic carbocycles. The number of rotatable bonds is 2. The predicted octanol–water partition coefficient (Wildman–Crippen LogP) is 1.32. The Bertz CT molecular complexity index is 431. The standard InChI is InChI=1S/C14H18N2O2/c1-11-10-16(8-6-13(11)17)14(18)5-4-12-3-2-7-15-9-12/h2-5,7,9,11,13,17H,6,8,10H2,1H3/b5-4+. The molecule has 1 amide bonds. The average Bonchev–Trinajstić information content (AvgIpc) is 2.40. The fourth-order valence-corrected chi connectivity index (χ4v) is 2.08. The van der Waals surface area contributed by atoms with Gasteiger partial charge < -0.3 is 10.0 Å². The Morgan fingerprint density at radius 2 is 2.44 bits per heavy atom. The van der Waals surface area contributed by atoms with Crippen molar-refractivity contribution in [3.8, 4) is 0 Å². The Hall–Kier alpha value is -1.68. The molecule has 0 aromatic carbocycles. The average molecular weight is 246 g/mol. The summed E-state index contributed by atoms with van der Waals surface area (Å²) in [5, 5.41) is 9.62. The minimum absolute atomic E-state index is 0.00222. The van der Waals surface area contributed by atoms with Crippen molar-refractivity contribution in [2.24, 2.45) is 5.92 Å². The van der Waals surface area contributed by atoms with Crippen molar-refractivity contribution in [1.29, 1.82) is 0 Å². The van der Waals surface area contributed by atoms with Crippen molar-refractivity contribution < 1.29 is 9.90 Å². The number of aliphatic hydroxyl groups is 1. The molecule has 2 rings (SSSR count). The molecule has 0 spiro atoms. The van der Waals surface area contributed by atoms with Gasteiger partial charge in [-0.15, -0.1) is 0 Å². The number of hydrogen-bond donors (Lipinski definition) is 1. The molecule has 4 nitrogen and oxygen atoms in total. The molecule has 1 aromatic heterocycles. The molecular weight excluding hydrogens is 228 g/mol. The number of likely N-dealkylation sites (tertiary alicyclic amines) is 1. The van der Waals surface area contributed by atoms with E-state index in [-0.39, 0.29) is 17.9 Å². The van der Waals surface area contributed by atoms with Gasteiger partial charge in [-0.05, 0) is 30.0 Å². The van der Waals surface area contributed by atoms with Crippen LogP contribution in [0.5, 0.6) is 0 Å². The summed E-state index contributed by atoms with van der Waals surface area (Å²) in [5.74, 6) is 0.145. The van der Waals surface area contributed by atoms with Crippen molar-refractivity contribution in [3.63, 3.8) is 0 Å². The Balaban J connectivity index is 1.94. The molecule has 1 aromatic rings. The fourth-order valence-electron chi connectivity index (χ4n) is 2.08. The van der Waals surface area contributed by atoms with Crippen LogP contribution in [0.15, 0.2) is 30.6 Å². The van der Waals surface area contributed by atoms with E-state index in [4.69, 9.17) is 0 Å². The molecular formula is C14H18N2O2. The Kier molecular flexibility index (Phi) is 4.10. The number of aliphatic hydroxyl groups excluding tert-OH is 1. The van der Waals surface area contributed by atoms with Crippen LogP contribution in [0.25, 0.3) is 6.08 Å². The molecule has 1 saturated heterocycles. The Morgan fingerprint density at radius 1 is 1.61 bits per heavy atom. The van der Waals surface area contributed by atoms with Crippen LogP contribution in [0, 0.1) is 5.92 Å². The largest absolute Gasteiger partial charge is 0.393 e. The van der Waals surface area contributed by atoms with Crippen LogP contribution >= 0.6 is 0 Å². The van der Waals surface area contributed by atoms with Crippen LogP contribution in [0.2, 0.25) is 0 Å². The fraction of sp³-hybridized carbons (Fsp3) is 0.429. The first-order valence-electron chi connectivity index (χ1n) is 6.22. The number of aromatic nitrogens is 1. The molecule has 0 saturated carbocycles. The third-order valence-electron chi connectivity index (χ3n) is 3.27. The third kappa shape index (κ3) is 3.17. The quantitative estimate of drug-likeness (QED) is 0.801. The molecule has 2 unspecified atom stereocenters. The zero-order valence-electron chi connectivity index (χ0n) is 10.5. The van der Waals surface area contributed by atoms with Gasteiger partial charge in [-0.3, -0.25) is 9.78 Å². The van der Waals surface area contributed by atoms with E-state index < -0.39 is 0 Å². The lowest BCUT2D eigenvalue weighted by molar-refractivity contribution is -0.129. The zero-order chi connectivity index (χ0) is 13.0. The highest BCUT2D eigenvalue weighted by molar-refractivity contribution is 5.91. The Labute approximate surface area is 107 Å². The van der Waals surface area contributed by atoms with Gasteiger partial charge in [-0.2, -0.15) is 0 Å². The first kappa shape index (κ1) is 12.8. The molecule has 96 valence electrons. The van der Waals surface area contributed by atoms with Gasteiger partial charge in [0.05, 0.1) is 6.10 Å². The van der Waals surface area contributed by atoms with Crippen molar-refractivity contribution in [2.45, 2.75) is 19.4 Å². The summed E-state index contributed by atoms with van der Waals surface area (Å²) in [7, 11) is 0. The van der Waals surface area contributed by atoms with Crippen LogP contribution in [0.4, 0.5) is 0 Å². The molecule has 2 heterocycles. The summed E-state index contributed by atoms with van der Waals surface area (Å²) in [6.07, 6.45) is 7.13. The van der Waals surface area contributed by atoms with Gasteiger partial charge in [-0.25, -0.2) is 0 Å². The number of piperidine rings is 1. The van der Waals surface area contributed by atoms with Crippen LogP contribution in [0.3, 0.4) is 0 Å². The number of hydrogen-bond acceptors (Lipinski definition) is 3. The first-order chi connectivity index (χ1) is 8.66. The lowest BCUT2D eigenvalue weighted by Crippen LogP contribution is -2.44. The molecule has 1 fully saturated rings. The number of nitrogens with zero attached hydrogens (tertiary/aromatic N) is 2. The van der Waals surface area contributed by atoms with E-state index in [0.29, 0.717) is 19.5 Å². The summed E-state index contributed by atoms with van der Waals surface area (Å²) >= 11 is 0. The summed E-state index contributed by atoms with van der Waals surface area (Å²) in [6, 6.07) is 3.74. The monoisotopic (exact) mass is 246 g/mol. The molecule has 1 aliphatic heterocycles. The van der Waals surface area contributed by atoms with E-state index in [1.165, 1.54) is 0 Å². The second-order valence-electron chi connectivity index (χ2n) is 4.74. The molecule has 2 atom stereocenters. The predicted molar refractivity (Wildman–Crippen MR) is 69.6 cm³/mol. The van der Waals surface area contributed by atoms with Crippen LogP contribution in [-0.4, -0.2) is 40.1 Å². The summed E-state index contributed by atoms with van der Waals surface area (Å²) in [4.78, 5) is 17.7. The third-order valence-corrected chi connectivity index (χ3v) is 3.27.